The third-order valence-corrected chi connectivity index (χ3v) is 4.86. The molecule has 0 bridgehead atoms. The van der Waals surface area contributed by atoms with Crippen LogP contribution in [0, 0.1) is 0 Å². The zero-order valence-corrected chi connectivity index (χ0v) is 18.0. The van der Waals surface area contributed by atoms with Crippen molar-refractivity contribution in [1.82, 2.24) is 4.98 Å². The van der Waals surface area contributed by atoms with Gasteiger partial charge in [-0.25, -0.2) is 4.79 Å². The fraction of sp³-hybridized carbons (Fsp3) is 0.240. The summed E-state index contributed by atoms with van der Waals surface area (Å²) in [5.74, 6) is -0.980. The number of hydrogen-bond donors (Lipinski definition) is 1. The monoisotopic (exact) mass is 417 g/mol. The van der Waals surface area contributed by atoms with Gasteiger partial charge in [0.2, 0.25) is 0 Å². The molecule has 6 nitrogen and oxygen atoms in total. The Balaban J connectivity index is 1.52. The van der Waals surface area contributed by atoms with E-state index in [0.29, 0.717) is 11.7 Å². The first-order valence-electron chi connectivity index (χ1n) is 10.3. The number of esters is 1. The van der Waals surface area contributed by atoms with E-state index in [1.165, 1.54) is 6.08 Å². The molecule has 160 valence electrons. The highest BCUT2D eigenvalue weighted by atomic mass is 16.5. The van der Waals surface area contributed by atoms with Crippen molar-refractivity contribution < 1.29 is 14.3 Å². The van der Waals surface area contributed by atoms with Crippen LogP contribution < -0.4 is 10.2 Å². The number of nitrogens with zero attached hydrogens (tertiary/aromatic N) is 2. The fourth-order valence-electron chi connectivity index (χ4n) is 3.38. The number of ether oxygens (including phenoxy) is 1. The Labute approximate surface area is 182 Å². The summed E-state index contributed by atoms with van der Waals surface area (Å²) < 4.78 is 5.05. The molecule has 0 spiro atoms. The van der Waals surface area contributed by atoms with Crippen LogP contribution in [0.5, 0.6) is 0 Å². The van der Waals surface area contributed by atoms with Gasteiger partial charge in [-0.15, -0.1) is 0 Å². The Morgan fingerprint density at radius 3 is 2.55 bits per heavy atom. The maximum Gasteiger partial charge on any atom is 0.331 e. The molecule has 0 aliphatic rings. The summed E-state index contributed by atoms with van der Waals surface area (Å²) in [4.78, 5) is 30.7. The van der Waals surface area contributed by atoms with E-state index in [1.807, 2.05) is 54.6 Å². The Morgan fingerprint density at radius 2 is 1.84 bits per heavy atom. The fourth-order valence-corrected chi connectivity index (χ4v) is 3.38. The molecule has 31 heavy (non-hydrogen) atoms. The van der Waals surface area contributed by atoms with Crippen molar-refractivity contribution in [3.8, 4) is 0 Å². The summed E-state index contributed by atoms with van der Waals surface area (Å²) in [7, 11) is 0. The number of nitrogens with one attached hydrogen (secondary N) is 1. The lowest BCUT2D eigenvalue weighted by Gasteiger charge is -2.27. The van der Waals surface area contributed by atoms with Crippen molar-refractivity contribution in [2.75, 3.05) is 23.4 Å². The van der Waals surface area contributed by atoms with Gasteiger partial charge in [0.25, 0.3) is 5.91 Å². The molecular weight excluding hydrogens is 390 g/mol. The summed E-state index contributed by atoms with van der Waals surface area (Å²) >= 11 is 0. The highest BCUT2D eigenvalue weighted by molar-refractivity contribution is 5.96. The molecule has 0 radical (unpaired) electrons. The number of fused-ring (bicyclic) bond motifs is 1. The largest absolute Gasteiger partial charge is 0.452 e. The lowest BCUT2D eigenvalue weighted by Crippen LogP contribution is -2.30. The van der Waals surface area contributed by atoms with Crippen molar-refractivity contribution in [2.45, 2.75) is 26.8 Å². The van der Waals surface area contributed by atoms with Gasteiger partial charge in [0.15, 0.2) is 6.61 Å². The van der Waals surface area contributed by atoms with E-state index in [0.717, 1.165) is 28.7 Å². The topological polar surface area (TPSA) is 71.5 Å². The second-order valence-electron chi connectivity index (χ2n) is 7.34. The lowest BCUT2D eigenvalue weighted by molar-refractivity contribution is -0.142. The minimum absolute atomic E-state index is 0.355. The molecule has 1 aromatic heterocycles. The average molecular weight is 418 g/mol. The summed E-state index contributed by atoms with van der Waals surface area (Å²) in [6.45, 7) is 6.93. The van der Waals surface area contributed by atoms with Gasteiger partial charge in [0, 0.05) is 47.2 Å². The van der Waals surface area contributed by atoms with Crippen molar-refractivity contribution in [1.29, 1.82) is 0 Å². The van der Waals surface area contributed by atoms with Crippen LogP contribution in [0.4, 0.5) is 11.4 Å². The van der Waals surface area contributed by atoms with Gasteiger partial charge in [0.1, 0.15) is 0 Å². The van der Waals surface area contributed by atoms with Crippen LogP contribution in [0.25, 0.3) is 17.0 Å². The van der Waals surface area contributed by atoms with Crippen LogP contribution in [0.1, 0.15) is 26.3 Å². The Bertz CT molecular complexity index is 1070. The average Bonchev–Trinajstić information content (AvgIpc) is 2.77. The molecule has 0 aliphatic heterocycles. The number of amides is 1. The molecule has 0 fully saturated rings. The number of pyridine rings is 1. The second-order valence-corrected chi connectivity index (χ2v) is 7.34. The van der Waals surface area contributed by atoms with E-state index in [4.69, 9.17) is 4.74 Å². The molecule has 0 aliphatic carbocycles. The Hall–Kier alpha value is -3.67. The number of para-hydroxylation sites is 1. The predicted octanol–water partition coefficient (Wildman–Crippen LogP) is 4.66. The predicted molar refractivity (Wildman–Crippen MR) is 125 cm³/mol. The molecule has 1 N–H and O–H groups in total. The highest BCUT2D eigenvalue weighted by Crippen LogP contribution is 2.20. The van der Waals surface area contributed by atoms with Crippen molar-refractivity contribution in [2.24, 2.45) is 0 Å². The molecule has 1 amide bonds. The van der Waals surface area contributed by atoms with Crippen LogP contribution in [0.2, 0.25) is 0 Å². The van der Waals surface area contributed by atoms with Crippen LogP contribution in [-0.2, 0) is 14.3 Å². The standard InChI is InChI=1S/C25H27N3O3/c1-4-28(18(2)3)22-13-11-21(12-14-22)27-23(29)17-31-24(30)15-10-20-8-5-7-19-9-6-16-26-25(19)20/h5-16,18H,4,17H2,1-3H3,(H,27,29)/b15-10+. The van der Waals surface area contributed by atoms with Crippen LogP contribution in [0.15, 0.2) is 66.9 Å². The minimum Gasteiger partial charge on any atom is -0.452 e. The zero-order valence-electron chi connectivity index (χ0n) is 18.0. The molecule has 2 aromatic carbocycles. The normalized spacial score (nSPS) is 11.1. The number of rotatable bonds is 8. The number of carbonyl (C=O) groups is 2. The van der Waals surface area contributed by atoms with E-state index in [9.17, 15) is 9.59 Å². The molecule has 3 rings (SSSR count). The van der Waals surface area contributed by atoms with E-state index in [1.54, 1.807) is 12.3 Å². The van der Waals surface area contributed by atoms with Gasteiger partial charge in [0.05, 0.1) is 5.52 Å². The molecule has 6 heteroatoms. The maximum atomic E-state index is 12.1. The first-order valence-corrected chi connectivity index (χ1v) is 10.3. The van der Waals surface area contributed by atoms with Gasteiger partial charge in [-0.3, -0.25) is 9.78 Å². The quantitative estimate of drug-likeness (QED) is 0.426. The summed E-state index contributed by atoms with van der Waals surface area (Å²) in [5, 5.41) is 3.72. The molecular formula is C25H27N3O3. The number of anilines is 2. The maximum absolute atomic E-state index is 12.1. The summed E-state index contributed by atoms with van der Waals surface area (Å²) in [6, 6.07) is 17.5. The molecule has 0 unspecified atom stereocenters. The van der Waals surface area contributed by atoms with Gasteiger partial charge in [-0.2, -0.15) is 0 Å². The SMILES string of the molecule is CCN(c1ccc(NC(=O)COC(=O)/C=C/c2cccc3cccnc23)cc1)C(C)C. The number of aromatic nitrogens is 1. The van der Waals surface area contributed by atoms with Crippen molar-refractivity contribution in [3.05, 3.63) is 72.4 Å². The number of hydrogen-bond acceptors (Lipinski definition) is 5. The number of carbonyl (C=O) groups excluding carboxylic acids is 2. The van der Waals surface area contributed by atoms with Crippen LogP contribution in [-0.4, -0.2) is 36.1 Å². The van der Waals surface area contributed by atoms with Crippen molar-refractivity contribution >= 4 is 40.2 Å². The molecule has 1 heterocycles. The summed E-state index contributed by atoms with van der Waals surface area (Å²) in [6.07, 6.45) is 4.65. The first kappa shape index (κ1) is 22.0. The molecule has 0 saturated carbocycles. The Morgan fingerprint density at radius 1 is 1.10 bits per heavy atom. The third kappa shape index (κ3) is 5.92. The van der Waals surface area contributed by atoms with E-state index in [-0.39, 0.29) is 6.61 Å². The molecule has 0 atom stereocenters. The smallest absolute Gasteiger partial charge is 0.331 e. The zero-order chi connectivity index (χ0) is 22.2. The van der Waals surface area contributed by atoms with Gasteiger partial charge in [-0.1, -0.05) is 24.3 Å². The summed E-state index contributed by atoms with van der Waals surface area (Å²) in [5.41, 5.74) is 3.36. The van der Waals surface area contributed by atoms with E-state index in [2.05, 4.69) is 36.0 Å². The lowest BCUT2D eigenvalue weighted by atomic mass is 10.1. The second kappa shape index (κ2) is 10.4. The number of benzene rings is 2. The van der Waals surface area contributed by atoms with E-state index >= 15 is 0 Å². The highest BCUT2D eigenvalue weighted by Gasteiger charge is 2.10. The first-order chi connectivity index (χ1) is 15.0. The molecule has 0 saturated heterocycles. The minimum atomic E-state index is -0.589. The third-order valence-electron chi connectivity index (χ3n) is 4.86. The molecule has 3 aromatic rings. The van der Waals surface area contributed by atoms with Crippen molar-refractivity contribution in [3.63, 3.8) is 0 Å². The Kier molecular flexibility index (Phi) is 7.38. The van der Waals surface area contributed by atoms with Gasteiger partial charge >= 0.3 is 5.97 Å². The van der Waals surface area contributed by atoms with E-state index < -0.39 is 11.9 Å². The van der Waals surface area contributed by atoms with Gasteiger partial charge < -0.3 is 15.0 Å². The van der Waals surface area contributed by atoms with Crippen LogP contribution >= 0.6 is 0 Å². The van der Waals surface area contributed by atoms with Crippen LogP contribution in [0.3, 0.4) is 0 Å². The van der Waals surface area contributed by atoms with Gasteiger partial charge in [-0.05, 0) is 57.2 Å².